The second-order valence-corrected chi connectivity index (χ2v) is 6.77. The van der Waals surface area contributed by atoms with E-state index >= 15 is 0 Å². The van der Waals surface area contributed by atoms with Gasteiger partial charge >= 0.3 is 6.61 Å². The van der Waals surface area contributed by atoms with Crippen LogP contribution < -0.4 is 15.4 Å². The number of thiazole rings is 1. The van der Waals surface area contributed by atoms with Crippen LogP contribution >= 0.6 is 11.3 Å². The molecule has 28 heavy (non-hydrogen) atoms. The number of nitrogens with one attached hydrogen (secondary N) is 2. The van der Waals surface area contributed by atoms with E-state index in [0.29, 0.717) is 22.0 Å². The van der Waals surface area contributed by atoms with Gasteiger partial charge in [-0.1, -0.05) is 0 Å². The Labute approximate surface area is 162 Å². The van der Waals surface area contributed by atoms with E-state index in [1.165, 1.54) is 42.1 Å². The highest BCUT2D eigenvalue weighted by Gasteiger charge is 2.14. The minimum absolute atomic E-state index is 0.0496. The maximum Gasteiger partial charge on any atom is 0.387 e. The van der Waals surface area contributed by atoms with E-state index in [-0.39, 0.29) is 12.3 Å². The van der Waals surface area contributed by atoms with Crippen LogP contribution in [0.15, 0.2) is 47.3 Å². The Morgan fingerprint density at radius 3 is 2.64 bits per heavy atom. The lowest BCUT2D eigenvalue weighted by Gasteiger charge is -2.05. The number of carbonyl (C=O) groups is 2. The standard InChI is InChI=1S/C18H15F2N3O4S/c1-10-15(11-2-4-13(5-3-11)27-17(19)20)23-18(28-10)22-14(24)8-21-16(25)12-6-7-26-9-12/h2-7,9,17H,8H2,1H3,(H,21,25)(H,22,23,24). The Hall–Kier alpha value is -3.27. The van der Waals surface area contributed by atoms with Crippen molar-refractivity contribution in [2.75, 3.05) is 11.9 Å². The largest absolute Gasteiger partial charge is 0.472 e. The van der Waals surface area contributed by atoms with Crippen molar-refractivity contribution in [3.8, 4) is 17.0 Å². The smallest absolute Gasteiger partial charge is 0.387 e. The topological polar surface area (TPSA) is 93.5 Å². The summed E-state index contributed by atoms with van der Waals surface area (Å²) in [7, 11) is 0. The van der Waals surface area contributed by atoms with Gasteiger partial charge in [0.15, 0.2) is 5.13 Å². The van der Waals surface area contributed by atoms with Crippen molar-refractivity contribution in [1.82, 2.24) is 10.3 Å². The van der Waals surface area contributed by atoms with E-state index in [2.05, 4.69) is 20.4 Å². The first-order valence-corrected chi connectivity index (χ1v) is 8.87. The summed E-state index contributed by atoms with van der Waals surface area (Å²) in [5, 5.41) is 5.45. The molecule has 0 spiro atoms. The number of nitrogens with zero attached hydrogens (tertiary/aromatic N) is 1. The van der Waals surface area contributed by atoms with Gasteiger partial charge in [-0.05, 0) is 37.3 Å². The number of carbonyl (C=O) groups excluding carboxylic acids is 2. The summed E-state index contributed by atoms with van der Waals surface area (Å²) in [6.45, 7) is -1.28. The number of hydrogen-bond acceptors (Lipinski definition) is 6. The Morgan fingerprint density at radius 1 is 1.25 bits per heavy atom. The number of ether oxygens (including phenoxy) is 1. The molecule has 0 fully saturated rings. The van der Waals surface area contributed by atoms with Crippen LogP contribution in [-0.2, 0) is 4.79 Å². The fraction of sp³-hybridized carbons (Fsp3) is 0.167. The molecule has 2 amide bonds. The van der Waals surface area contributed by atoms with Crippen molar-refractivity contribution in [2.45, 2.75) is 13.5 Å². The van der Waals surface area contributed by atoms with Crippen LogP contribution in [-0.4, -0.2) is 30.0 Å². The molecule has 0 bridgehead atoms. The SMILES string of the molecule is Cc1sc(NC(=O)CNC(=O)c2ccoc2)nc1-c1ccc(OC(F)F)cc1. The van der Waals surface area contributed by atoms with Crippen LogP contribution in [0.2, 0.25) is 0 Å². The van der Waals surface area contributed by atoms with E-state index < -0.39 is 18.4 Å². The van der Waals surface area contributed by atoms with Crippen LogP contribution in [0.3, 0.4) is 0 Å². The lowest BCUT2D eigenvalue weighted by Crippen LogP contribution is -2.32. The first kappa shape index (κ1) is 19.5. The van der Waals surface area contributed by atoms with Crippen LogP contribution in [0.5, 0.6) is 5.75 Å². The summed E-state index contributed by atoms with van der Waals surface area (Å²) in [5.41, 5.74) is 1.63. The molecule has 0 radical (unpaired) electrons. The second-order valence-electron chi connectivity index (χ2n) is 5.57. The van der Waals surface area contributed by atoms with Gasteiger partial charge < -0.3 is 19.8 Å². The number of alkyl halides is 2. The lowest BCUT2D eigenvalue weighted by atomic mass is 10.1. The number of rotatable bonds is 7. The Bertz CT molecular complexity index is 956. The molecule has 146 valence electrons. The zero-order valence-electron chi connectivity index (χ0n) is 14.6. The van der Waals surface area contributed by atoms with E-state index in [1.54, 1.807) is 12.1 Å². The van der Waals surface area contributed by atoms with Gasteiger partial charge in [0.1, 0.15) is 12.0 Å². The third-order valence-corrected chi connectivity index (χ3v) is 4.47. The molecule has 0 unspecified atom stereocenters. The van der Waals surface area contributed by atoms with E-state index in [9.17, 15) is 18.4 Å². The van der Waals surface area contributed by atoms with Crippen molar-refractivity contribution >= 4 is 28.3 Å². The monoisotopic (exact) mass is 407 g/mol. The van der Waals surface area contributed by atoms with E-state index in [4.69, 9.17) is 4.42 Å². The van der Waals surface area contributed by atoms with Crippen LogP contribution in [0, 0.1) is 6.92 Å². The highest BCUT2D eigenvalue weighted by Crippen LogP contribution is 2.31. The van der Waals surface area contributed by atoms with Gasteiger partial charge in [0, 0.05) is 10.4 Å². The van der Waals surface area contributed by atoms with Crippen LogP contribution in [0.25, 0.3) is 11.3 Å². The maximum absolute atomic E-state index is 12.2. The number of hydrogen-bond donors (Lipinski definition) is 2. The fourth-order valence-corrected chi connectivity index (χ4v) is 3.18. The molecule has 0 aliphatic carbocycles. The molecule has 3 aromatic rings. The maximum atomic E-state index is 12.2. The van der Waals surface area contributed by atoms with Gasteiger partial charge in [-0.25, -0.2) is 4.98 Å². The highest BCUT2D eigenvalue weighted by molar-refractivity contribution is 7.16. The van der Waals surface area contributed by atoms with Gasteiger partial charge in [0.25, 0.3) is 5.91 Å². The number of benzene rings is 1. The summed E-state index contributed by atoms with van der Waals surface area (Å²) < 4.78 is 33.6. The molecule has 0 aliphatic rings. The molecule has 2 heterocycles. The number of amides is 2. The number of furan rings is 1. The summed E-state index contributed by atoms with van der Waals surface area (Å²) in [5.74, 6) is -0.808. The molecule has 1 aromatic carbocycles. The highest BCUT2D eigenvalue weighted by atomic mass is 32.1. The number of aryl methyl sites for hydroxylation is 1. The third-order valence-electron chi connectivity index (χ3n) is 3.59. The molecule has 10 heteroatoms. The van der Waals surface area contributed by atoms with Crippen LogP contribution in [0.1, 0.15) is 15.2 Å². The van der Waals surface area contributed by atoms with Gasteiger partial charge in [0.2, 0.25) is 5.91 Å². The normalized spacial score (nSPS) is 10.7. The molecule has 3 rings (SSSR count). The molecule has 0 saturated heterocycles. The van der Waals surface area contributed by atoms with Crippen molar-refractivity contribution in [3.63, 3.8) is 0 Å². The second kappa shape index (κ2) is 8.61. The van der Waals surface area contributed by atoms with Crippen molar-refractivity contribution < 1.29 is 27.5 Å². The molecule has 7 nitrogen and oxygen atoms in total. The van der Waals surface area contributed by atoms with E-state index in [0.717, 1.165) is 4.88 Å². The Morgan fingerprint density at radius 2 is 2.00 bits per heavy atom. The van der Waals surface area contributed by atoms with Crippen molar-refractivity contribution in [1.29, 1.82) is 0 Å². The average Bonchev–Trinajstić information content (AvgIpc) is 3.30. The molecular formula is C18H15F2N3O4S. The summed E-state index contributed by atoms with van der Waals surface area (Å²) in [6, 6.07) is 7.54. The number of halogens is 2. The number of aromatic nitrogens is 1. The van der Waals surface area contributed by atoms with Gasteiger partial charge in [-0.15, -0.1) is 11.3 Å². The molecule has 0 aliphatic heterocycles. The van der Waals surface area contributed by atoms with E-state index in [1.807, 2.05) is 6.92 Å². The molecule has 0 atom stereocenters. The Balaban J connectivity index is 1.60. The quantitative estimate of drug-likeness (QED) is 0.623. The predicted molar refractivity (Wildman–Crippen MR) is 98.6 cm³/mol. The lowest BCUT2D eigenvalue weighted by molar-refractivity contribution is -0.115. The third kappa shape index (κ3) is 4.92. The number of anilines is 1. The predicted octanol–water partition coefficient (Wildman–Crippen LogP) is 3.68. The minimum Gasteiger partial charge on any atom is -0.472 e. The molecule has 2 aromatic heterocycles. The first-order valence-electron chi connectivity index (χ1n) is 8.05. The fourth-order valence-electron chi connectivity index (χ4n) is 2.33. The van der Waals surface area contributed by atoms with Crippen molar-refractivity contribution in [2.24, 2.45) is 0 Å². The summed E-state index contributed by atoms with van der Waals surface area (Å²) in [4.78, 5) is 29.0. The van der Waals surface area contributed by atoms with Crippen LogP contribution in [0.4, 0.5) is 13.9 Å². The minimum atomic E-state index is -2.89. The summed E-state index contributed by atoms with van der Waals surface area (Å²) in [6.07, 6.45) is 2.64. The van der Waals surface area contributed by atoms with Crippen molar-refractivity contribution in [3.05, 3.63) is 53.3 Å². The van der Waals surface area contributed by atoms with Gasteiger partial charge in [-0.2, -0.15) is 8.78 Å². The van der Waals surface area contributed by atoms with Gasteiger partial charge in [-0.3, -0.25) is 9.59 Å². The molecule has 2 N–H and O–H groups in total. The Kier molecular flexibility index (Phi) is 5.99. The first-order chi connectivity index (χ1) is 13.4. The average molecular weight is 407 g/mol. The zero-order chi connectivity index (χ0) is 20.1. The molecular weight excluding hydrogens is 392 g/mol. The zero-order valence-corrected chi connectivity index (χ0v) is 15.4. The van der Waals surface area contributed by atoms with Gasteiger partial charge in [0.05, 0.1) is 24.1 Å². The molecule has 0 saturated carbocycles. The summed E-state index contributed by atoms with van der Waals surface area (Å²) >= 11 is 1.26.